The van der Waals surface area contributed by atoms with Crippen molar-refractivity contribution in [3.63, 3.8) is 0 Å². The molecular formula is C24H24N4O6. The molecule has 0 atom stereocenters. The minimum absolute atomic E-state index is 0.0577. The Kier molecular flexibility index (Phi) is 5.24. The molecule has 0 aliphatic carbocycles. The van der Waals surface area contributed by atoms with Crippen LogP contribution in [0, 0.1) is 0 Å². The number of anilines is 1. The largest absolute Gasteiger partial charge is 0.497 e. The summed E-state index contributed by atoms with van der Waals surface area (Å²) in [5.74, 6) is 0.611. The summed E-state index contributed by atoms with van der Waals surface area (Å²) in [6.45, 7) is 4.20. The average Bonchev–Trinajstić information content (AvgIpc) is 3.17. The molecule has 176 valence electrons. The van der Waals surface area contributed by atoms with Crippen LogP contribution >= 0.6 is 0 Å². The van der Waals surface area contributed by atoms with Gasteiger partial charge in [-0.3, -0.25) is 14.2 Å². The molecule has 1 aliphatic heterocycles. The summed E-state index contributed by atoms with van der Waals surface area (Å²) in [6.07, 6.45) is 1.98. The number of amides is 1. The van der Waals surface area contributed by atoms with Crippen LogP contribution in [0.4, 0.5) is 5.69 Å². The van der Waals surface area contributed by atoms with E-state index in [0.717, 1.165) is 11.3 Å². The molecule has 10 nitrogen and oxygen atoms in total. The third-order valence-corrected chi connectivity index (χ3v) is 5.81. The van der Waals surface area contributed by atoms with Crippen molar-refractivity contribution in [2.75, 3.05) is 19.5 Å². The minimum atomic E-state index is -0.464. The summed E-state index contributed by atoms with van der Waals surface area (Å²) in [5.41, 5.74) is 2.33. The number of hydrogen-bond donors (Lipinski definition) is 1. The normalized spacial score (nSPS) is 14.7. The smallest absolute Gasteiger partial charge is 0.297 e. The first-order valence-electron chi connectivity index (χ1n) is 10.7. The summed E-state index contributed by atoms with van der Waals surface area (Å²) in [5, 5.41) is 3.39. The van der Waals surface area contributed by atoms with Crippen molar-refractivity contribution < 1.29 is 23.4 Å². The number of hydrogen-bond acceptors (Lipinski definition) is 8. The Hall–Kier alpha value is -3.92. The molecular weight excluding hydrogens is 440 g/mol. The van der Waals surface area contributed by atoms with Gasteiger partial charge >= 0.3 is 0 Å². The predicted octanol–water partition coefficient (Wildman–Crippen LogP) is 3.04. The van der Waals surface area contributed by atoms with Crippen LogP contribution in [0.2, 0.25) is 0 Å². The van der Waals surface area contributed by atoms with Crippen LogP contribution in [0.25, 0.3) is 22.2 Å². The van der Waals surface area contributed by atoms with Gasteiger partial charge in [0.05, 0.1) is 49.5 Å². The number of furan rings is 1. The molecule has 0 fully saturated rings. The molecule has 10 heteroatoms. The fraction of sp³-hybridized carbons (Fsp3) is 0.333. The van der Waals surface area contributed by atoms with Gasteiger partial charge in [-0.25, -0.2) is 9.97 Å². The highest BCUT2D eigenvalue weighted by molar-refractivity contribution is 6.01. The Morgan fingerprint density at radius 3 is 2.82 bits per heavy atom. The Labute approximate surface area is 194 Å². The molecule has 1 aliphatic rings. The lowest BCUT2D eigenvalue weighted by Gasteiger charge is -2.30. The molecule has 1 N–H and O–H groups in total. The SMILES string of the molecule is COc1ccc(NC(=O)Cn2cnc3c(oc4nc5c(cc43)COC(C)(C)C5)c2=O)c(OC)c1. The van der Waals surface area contributed by atoms with Crippen molar-refractivity contribution >= 4 is 33.8 Å². The van der Waals surface area contributed by atoms with Crippen LogP contribution in [-0.2, 0) is 29.1 Å². The zero-order valence-electron chi connectivity index (χ0n) is 19.3. The fourth-order valence-electron chi connectivity index (χ4n) is 4.04. The second-order valence-electron chi connectivity index (χ2n) is 8.74. The molecule has 0 saturated heterocycles. The van der Waals surface area contributed by atoms with E-state index < -0.39 is 11.5 Å². The number of carbonyl (C=O) groups is 1. The summed E-state index contributed by atoms with van der Waals surface area (Å²) in [7, 11) is 3.04. The molecule has 0 bridgehead atoms. The van der Waals surface area contributed by atoms with Crippen LogP contribution in [0.5, 0.6) is 11.5 Å². The molecule has 34 heavy (non-hydrogen) atoms. The van der Waals surface area contributed by atoms with E-state index in [2.05, 4.69) is 15.3 Å². The van der Waals surface area contributed by atoms with E-state index in [4.69, 9.17) is 18.6 Å². The third-order valence-electron chi connectivity index (χ3n) is 5.81. The monoisotopic (exact) mass is 464 g/mol. The molecule has 3 aromatic heterocycles. The van der Waals surface area contributed by atoms with Crippen LogP contribution in [0.3, 0.4) is 0 Å². The van der Waals surface area contributed by atoms with Gasteiger partial charge in [0.15, 0.2) is 0 Å². The minimum Gasteiger partial charge on any atom is -0.497 e. The van der Waals surface area contributed by atoms with Crippen LogP contribution in [0.15, 0.2) is 39.8 Å². The molecule has 0 saturated carbocycles. The van der Waals surface area contributed by atoms with E-state index in [9.17, 15) is 9.59 Å². The summed E-state index contributed by atoms with van der Waals surface area (Å²) >= 11 is 0. The Bertz CT molecular complexity index is 1490. The van der Waals surface area contributed by atoms with Crippen molar-refractivity contribution in [3.05, 3.63) is 52.2 Å². The highest BCUT2D eigenvalue weighted by Crippen LogP contribution is 2.32. The number of fused-ring (bicyclic) bond motifs is 4. The number of ether oxygens (including phenoxy) is 3. The Morgan fingerprint density at radius 2 is 2.06 bits per heavy atom. The van der Waals surface area contributed by atoms with Crippen molar-refractivity contribution in [1.82, 2.24) is 14.5 Å². The van der Waals surface area contributed by atoms with E-state index in [1.807, 2.05) is 19.9 Å². The summed E-state index contributed by atoms with van der Waals surface area (Å²) in [6, 6.07) is 6.93. The number of aromatic nitrogens is 3. The highest BCUT2D eigenvalue weighted by Gasteiger charge is 2.28. The topological polar surface area (TPSA) is 118 Å². The van der Waals surface area contributed by atoms with Crippen LogP contribution < -0.4 is 20.3 Å². The number of pyridine rings is 1. The number of nitrogens with one attached hydrogen (secondary N) is 1. The molecule has 0 radical (unpaired) electrons. The van der Waals surface area contributed by atoms with Gasteiger partial charge in [0.25, 0.3) is 5.56 Å². The van der Waals surface area contributed by atoms with Gasteiger partial charge in [-0.15, -0.1) is 0 Å². The number of nitrogens with zero attached hydrogens (tertiary/aromatic N) is 3. The van der Waals surface area contributed by atoms with Crippen LogP contribution in [0.1, 0.15) is 25.1 Å². The summed E-state index contributed by atoms with van der Waals surface area (Å²) in [4.78, 5) is 34.8. The zero-order valence-corrected chi connectivity index (χ0v) is 19.3. The molecule has 1 aromatic carbocycles. The van der Waals surface area contributed by atoms with Crippen molar-refractivity contribution in [3.8, 4) is 11.5 Å². The first-order valence-corrected chi connectivity index (χ1v) is 10.7. The molecule has 0 unspecified atom stereocenters. The van der Waals surface area contributed by atoms with E-state index >= 15 is 0 Å². The number of rotatable bonds is 5. The van der Waals surface area contributed by atoms with Gasteiger partial charge in [-0.1, -0.05) is 0 Å². The van der Waals surface area contributed by atoms with E-state index in [1.165, 1.54) is 18.0 Å². The van der Waals surface area contributed by atoms with Crippen molar-refractivity contribution in [2.45, 2.75) is 39.0 Å². The van der Waals surface area contributed by atoms with Gasteiger partial charge in [-0.05, 0) is 32.0 Å². The van der Waals surface area contributed by atoms with E-state index in [0.29, 0.717) is 46.8 Å². The van der Waals surface area contributed by atoms with Gasteiger partial charge in [0.1, 0.15) is 23.6 Å². The fourth-order valence-corrected chi connectivity index (χ4v) is 4.04. The number of benzene rings is 1. The Balaban J connectivity index is 1.45. The predicted molar refractivity (Wildman–Crippen MR) is 124 cm³/mol. The van der Waals surface area contributed by atoms with Crippen LogP contribution in [-0.4, -0.2) is 40.3 Å². The maximum absolute atomic E-state index is 13.1. The first-order chi connectivity index (χ1) is 16.3. The van der Waals surface area contributed by atoms with Gasteiger partial charge in [0, 0.05) is 18.1 Å². The quantitative estimate of drug-likeness (QED) is 0.479. The Morgan fingerprint density at radius 1 is 1.24 bits per heavy atom. The molecule has 5 rings (SSSR count). The standard InChI is InChI=1S/C24H24N4O6/c1-24(2)9-17-13(11-33-24)7-15-20-21(34-22(15)27-17)23(30)28(12-25-20)10-19(29)26-16-6-5-14(31-3)8-18(16)32-4/h5-8,12H,9-11H2,1-4H3,(H,26,29). The van der Waals surface area contributed by atoms with Gasteiger partial charge in [0.2, 0.25) is 17.2 Å². The van der Waals surface area contributed by atoms with Gasteiger partial charge in [-0.2, -0.15) is 0 Å². The lowest BCUT2D eigenvalue weighted by atomic mass is 9.95. The van der Waals surface area contributed by atoms with E-state index in [-0.39, 0.29) is 17.7 Å². The highest BCUT2D eigenvalue weighted by atomic mass is 16.5. The average molecular weight is 464 g/mol. The first kappa shape index (κ1) is 21.9. The maximum atomic E-state index is 13.1. The zero-order chi connectivity index (χ0) is 24.0. The third kappa shape index (κ3) is 3.86. The number of carbonyl (C=O) groups excluding carboxylic acids is 1. The molecule has 1 amide bonds. The maximum Gasteiger partial charge on any atom is 0.297 e. The van der Waals surface area contributed by atoms with Crippen molar-refractivity contribution in [1.29, 1.82) is 0 Å². The second-order valence-corrected chi connectivity index (χ2v) is 8.74. The van der Waals surface area contributed by atoms with Crippen molar-refractivity contribution in [2.24, 2.45) is 0 Å². The molecule has 4 heterocycles. The molecule has 0 spiro atoms. The van der Waals surface area contributed by atoms with E-state index in [1.54, 1.807) is 25.3 Å². The summed E-state index contributed by atoms with van der Waals surface area (Å²) < 4.78 is 23.4. The second kappa shape index (κ2) is 8.14. The van der Waals surface area contributed by atoms with Gasteiger partial charge < -0.3 is 23.9 Å². The lowest BCUT2D eigenvalue weighted by Crippen LogP contribution is -2.32. The lowest BCUT2D eigenvalue weighted by molar-refractivity contribution is -0.116. The number of methoxy groups -OCH3 is 2. The molecule has 4 aromatic rings.